The van der Waals surface area contributed by atoms with Gasteiger partial charge in [0.2, 0.25) is 5.91 Å². The Morgan fingerprint density at radius 2 is 1.22 bits per heavy atom. The Balaban J connectivity index is 0.000000476. The van der Waals surface area contributed by atoms with Gasteiger partial charge in [-0.15, -0.1) is 10.2 Å². The molecular weight excluding hydrogens is 1110 g/mol. The maximum absolute atomic E-state index is 11.5. The zero-order valence-corrected chi connectivity index (χ0v) is 57.8. The highest BCUT2D eigenvalue weighted by Gasteiger charge is 2.34. The molecule has 4 aromatic rings. The molecule has 4 aliphatic rings. The normalized spacial score (nSPS) is 18.9. The molecule has 19 nitrogen and oxygen atoms in total. The monoisotopic (exact) mass is 1220 g/mol. The van der Waals surface area contributed by atoms with E-state index in [1.807, 2.05) is 46.9 Å². The number of imidazole rings is 1. The van der Waals surface area contributed by atoms with Gasteiger partial charge in [-0.2, -0.15) is 5.21 Å². The van der Waals surface area contributed by atoms with E-state index < -0.39 is 0 Å². The second-order valence-corrected chi connectivity index (χ2v) is 31.6. The average Bonchev–Trinajstić information content (AvgIpc) is 4.15. The minimum absolute atomic E-state index is 0.0000231. The van der Waals surface area contributed by atoms with Gasteiger partial charge in [-0.1, -0.05) is 206 Å². The molecule has 0 aromatic carbocycles. The number of H-pyrrole nitrogens is 4. The summed E-state index contributed by atoms with van der Waals surface area (Å²) in [6.45, 7) is 57.5. The molecule has 0 bridgehead atoms. The highest BCUT2D eigenvalue weighted by molar-refractivity contribution is 8.14. The number of urea groups is 1. The number of alkyl carbamates (subject to hydrolysis) is 1. The van der Waals surface area contributed by atoms with E-state index in [0.717, 1.165) is 58.6 Å². The van der Waals surface area contributed by atoms with Gasteiger partial charge in [0.25, 0.3) is 5.24 Å². The second kappa shape index (κ2) is 30.8. The Hall–Kier alpha value is -5.08. The lowest BCUT2D eigenvalue weighted by Crippen LogP contribution is -2.38. The van der Waals surface area contributed by atoms with Gasteiger partial charge in [0, 0.05) is 87.5 Å². The molecule has 0 spiro atoms. The molecule has 0 aliphatic carbocycles. The van der Waals surface area contributed by atoms with Crippen molar-refractivity contribution in [1.82, 2.24) is 67.1 Å². The van der Waals surface area contributed by atoms with Crippen LogP contribution in [0.3, 0.4) is 0 Å². The van der Waals surface area contributed by atoms with Crippen molar-refractivity contribution in [1.29, 1.82) is 0 Å². The molecule has 5 amide bonds. The number of hydrogen-bond donors (Lipinski definition) is 9. The van der Waals surface area contributed by atoms with Crippen LogP contribution < -0.4 is 26.6 Å². The Bertz CT molecular complexity index is 2440. The van der Waals surface area contributed by atoms with Crippen molar-refractivity contribution in [3.05, 3.63) is 68.5 Å². The number of rotatable bonds is 1. The van der Waals surface area contributed by atoms with E-state index in [4.69, 9.17) is 27.9 Å². The zero-order valence-electron chi connectivity index (χ0n) is 55.5. The number of carbonyl (C=O) groups is 5. The van der Waals surface area contributed by atoms with E-state index in [1.54, 1.807) is 13.1 Å². The lowest BCUT2D eigenvalue weighted by atomic mass is 9.86. The summed E-state index contributed by atoms with van der Waals surface area (Å²) < 4.78 is 4.74. The van der Waals surface area contributed by atoms with Crippen LogP contribution in [0.2, 0.25) is 10.2 Å². The van der Waals surface area contributed by atoms with Crippen molar-refractivity contribution in [3.8, 4) is 0 Å². The van der Waals surface area contributed by atoms with Gasteiger partial charge in [0.15, 0.2) is 11.6 Å². The number of aromatic nitrogens is 8. The van der Waals surface area contributed by atoms with Crippen molar-refractivity contribution in [2.45, 2.75) is 246 Å². The van der Waals surface area contributed by atoms with Gasteiger partial charge >= 0.3 is 12.1 Å². The molecule has 4 aliphatic heterocycles. The van der Waals surface area contributed by atoms with Crippen LogP contribution in [0.5, 0.6) is 0 Å². The average molecular weight is 1220 g/mol. The van der Waals surface area contributed by atoms with Crippen molar-refractivity contribution < 1.29 is 28.7 Å². The number of thioether (sulfide) groups is 1. The SMILES string of the molecule is CC(=O)c1c(C(C)(C)C)[nH]c(C)c1C.CC(C)(C)C1CCC(=O)N1.CC(C)(C)C1CNC(=O)N1.CC(C)(C)C1COC(=O)N1.CC(C)(C)C1CSC(=O)N1.CC(C)(C)c1cc(Cl)c(Cl)[nH]1.CC(C)(C)c1ncc[nH]1.CC(C)(C)c1nn[nH]n1. The van der Waals surface area contributed by atoms with E-state index >= 15 is 0 Å². The van der Waals surface area contributed by atoms with Crippen molar-refractivity contribution >= 4 is 64.0 Å². The summed E-state index contributed by atoms with van der Waals surface area (Å²) in [7, 11) is 0. The lowest BCUT2D eigenvalue weighted by molar-refractivity contribution is -0.119. The first kappa shape index (κ1) is 75.9. The van der Waals surface area contributed by atoms with E-state index in [0.29, 0.717) is 35.3 Å². The summed E-state index contributed by atoms with van der Waals surface area (Å²) in [5, 5.41) is 29.0. The van der Waals surface area contributed by atoms with Crippen LogP contribution >= 0.6 is 35.0 Å². The number of aromatic amines is 4. The highest BCUT2D eigenvalue weighted by atomic mass is 35.5. The van der Waals surface area contributed by atoms with Crippen LogP contribution in [0.4, 0.5) is 14.4 Å². The Morgan fingerprint density at radius 3 is 1.43 bits per heavy atom. The Labute approximate surface area is 512 Å². The van der Waals surface area contributed by atoms with E-state index in [2.05, 4.69) is 213 Å². The van der Waals surface area contributed by atoms with Gasteiger partial charge in [0.1, 0.15) is 17.6 Å². The number of Topliss-reactive ketones (excluding diaryl/α,β-unsaturated/α-hetero) is 1. The molecule has 4 unspecified atom stereocenters. The summed E-state index contributed by atoms with van der Waals surface area (Å²) in [5.74, 6) is 3.07. The Morgan fingerprint density at radius 1 is 0.663 bits per heavy atom. The maximum Gasteiger partial charge on any atom is 0.407 e. The first-order valence-corrected chi connectivity index (χ1v) is 30.3. The number of ketones is 1. The van der Waals surface area contributed by atoms with Crippen LogP contribution in [0, 0.1) is 35.5 Å². The summed E-state index contributed by atoms with van der Waals surface area (Å²) in [4.78, 5) is 67.8. The molecule has 472 valence electrons. The van der Waals surface area contributed by atoms with Gasteiger partial charge in [0.05, 0.1) is 17.1 Å². The van der Waals surface area contributed by atoms with Crippen LogP contribution in [0.1, 0.15) is 231 Å². The highest BCUT2D eigenvalue weighted by Crippen LogP contribution is 2.32. The molecular formula is C61H107Cl2N13O6S. The molecule has 4 aromatic heterocycles. The minimum Gasteiger partial charge on any atom is -0.447 e. The zero-order chi connectivity index (χ0) is 64.7. The molecule has 83 heavy (non-hydrogen) atoms. The van der Waals surface area contributed by atoms with Gasteiger partial charge in [-0.25, -0.2) is 14.6 Å². The smallest absolute Gasteiger partial charge is 0.407 e. The Kier molecular flexibility index (Phi) is 28.2. The third-order valence-electron chi connectivity index (χ3n) is 13.7. The first-order valence-electron chi connectivity index (χ1n) is 28.6. The van der Waals surface area contributed by atoms with E-state index in [-0.39, 0.29) is 84.5 Å². The molecule has 9 N–H and O–H groups in total. The van der Waals surface area contributed by atoms with Crippen molar-refractivity contribution in [2.75, 3.05) is 18.9 Å². The molecule has 4 fully saturated rings. The number of aryl methyl sites for hydroxylation is 1. The first-order chi connectivity index (χ1) is 37.4. The van der Waals surface area contributed by atoms with E-state index in [1.165, 1.54) is 11.8 Å². The molecule has 22 heteroatoms. The van der Waals surface area contributed by atoms with Crippen molar-refractivity contribution in [2.24, 2.45) is 21.7 Å². The third-order valence-corrected chi connectivity index (χ3v) is 15.2. The van der Waals surface area contributed by atoms with Crippen LogP contribution in [0.15, 0.2) is 18.5 Å². The number of nitrogens with one attached hydrogen (secondary N) is 9. The maximum atomic E-state index is 11.5. The van der Waals surface area contributed by atoms with E-state index in [9.17, 15) is 24.0 Å². The number of amides is 5. The molecule has 8 heterocycles. The van der Waals surface area contributed by atoms with Gasteiger partial charge < -0.3 is 46.3 Å². The fraction of sp³-hybridized carbons (Fsp3) is 0.721. The number of carbonyl (C=O) groups excluding carboxylic acids is 5. The molecule has 4 saturated heterocycles. The predicted molar refractivity (Wildman–Crippen MR) is 341 cm³/mol. The largest absolute Gasteiger partial charge is 0.447 e. The quantitative estimate of drug-likeness (QED) is 0.0809. The van der Waals surface area contributed by atoms with Crippen molar-refractivity contribution in [3.63, 3.8) is 0 Å². The van der Waals surface area contributed by atoms with Crippen LogP contribution in [0.25, 0.3) is 0 Å². The van der Waals surface area contributed by atoms with Crippen LogP contribution in [-0.2, 0) is 31.2 Å². The number of tetrazole rings is 1. The lowest BCUT2D eigenvalue weighted by Gasteiger charge is -2.26. The standard InChI is InChI=1S/C12H19NO.C8H11Cl2N.C8H15NO.C7H14N2O.C7H12N2.C7H13NO2.C7H13NOS.C5H10N4/c1-7-8(2)13-11(12(4,5)6)10(7)9(3)14;1-8(2,3)6-4-5(9)7(10)11-6;1-8(2,3)6-4-5-7(10)9-6;1-7(2,3)5-4-8-6(10)9-5;1-7(2,3)6-8-4-5-9-6;2*1-7(2,3)5-4-10-6(9)8-5;1-5(2,3)4-6-8-9-7-4/h13H,1-6H3;4,11H,1-3H3;6H,4-5H2,1-3H3,(H,9,10);5H,4H2,1-3H3,(H2,8,9,10);4-5H,1-3H3,(H,8,9);2*5H,4H2,1-3H3,(H,8,9);1-3H3,(H,6,7,8,9). The second-order valence-electron chi connectivity index (χ2n) is 29.8. The fourth-order valence-electron chi connectivity index (χ4n) is 7.63. The number of cyclic esters (lactones) is 1. The number of nitrogens with zero attached hydrogens (tertiary/aromatic N) is 4. The van der Waals surface area contributed by atoms with Crippen LogP contribution in [-0.4, -0.2) is 113 Å². The summed E-state index contributed by atoms with van der Waals surface area (Å²) in [6.07, 6.45) is 5.05. The summed E-state index contributed by atoms with van der Waals surface area (Å²) in [6, 6.07) is 3.01. The minimum atomic E-state index is -0.292. The molecule has 0 saturated carbocycles. The summed E-state index contributed by atoms with van der Waals surface area (Å²) in [5.41, 5.74) is 6.12. The van der Waals surface area contributed by atoms with Gasteiger partial charge in [-0.3, -0.25) is 14.4 Å². The van der Waals surface area contributed by atoms with Gasteiger partial charge in [-0.05, 0) is 60.5 Å². The number of halogens is 2. The molecule has 0 radical (unpaired) electrons. The number of ether oxygens (including phenoxy) is 1. The third kappa shape index (κ3) is 27.7. The predicted octanol–water partition coefficient (Wildman–Crippen LogP) is 14.0. The summed E-state index contributed by atoms with van der Waals surface area (Å²) >= 11 is 12.9. The molecule has 4 atom stereocenters. The fourth-order valence-corrected chi connectivity index (χ4v) is 9.07. The number of hydrogen-bond acceptors (Lipinski definition) is 11. The topological polar surface area (TPSA) is 269 Å². The molecule has 8 rings (SSSR count).